The lowest BCUT2D eigenvalue weighted by atomic mass is 9.94. The number of aryl methyl sites for hydroxylation is 1. The number of piperidine rings is 1. The Kier molecular flexibility index (Phi) is 6.47. The standard InChI is InChI=1S/C26H31N5O3/c1-2-3-19-16-27-25(28-17-19)30-10-6-18(7-11-30)14-24-29-22-5-4-21(15-23(22)34-24)20-8-12-31(13-9-20)26(32)33/h4-5,8,15-18H,2-3,6-7,9-14H2,1H3,(H,32,33). The lowest BCUT2D eigenvalue weighted by Gasteiger charge is -2.31. The largest absolute Gasteiger partial charge is 0.465 e. The summed E-state index contributed by atoms with van der Waals surface area (Å²) in [7, 11) is 0. The van der Waals surface area contributed by atoms with Crippen molar-refractivity contribution in [2.75, 3.05) is 31.1 Å². The molecule has 5 rings (SSSR count). The minimum absolute atomic E-state index is 0.428. The molecule has 0 bridgehead atoms. The third kappa shape index (κ3) is 4.90. The van der Waals surface area contributed by atoms with Crippen molar-refractivity contribution < 1.29 is 14.3 Å². The van der Waals surface area contributed by atoms with Crippen molar-refractivity contribution in [3.05, 3.63) is 53.7 Å². The summed E-state index contributed by atoms with van der Waals surface area (Å²) in [4.78, 5) is 28.7. The van der Waals surface area contributed by atoms with Crippen molar-refractivity contribution in [2.45, 2.75) is 45.4 Å². The van der Waals surface area contributed by atoms with E-state index < -0.39 is 6.09 Å². The molecule has 1 amide bonds. The van der Waals surface area contributed by atoms with Gasteiger partial charge in [-0.05, 0) is 60.4 Å². The van der Waals surface area contributed by atoms with Crippen LogP contribution in [0.4, 0.5) is 10.7 Å². The van der Waals surface area contributed by atoms with Crippen LogP contribution in [0.2, 0.25) is 0 Å². The zero-order chi connectivity index (χ0) is 23.5. The molecule has 8 nitrogen and oxygen atoms in total. The molecule has 2 aliphatic rings. The number of oxazole rings is 1. The van der Waals surface area contributed by atoms with Gasteiger partial charge < -0.3 is 19.3 Å². The van der Waals surface area contributed by atoms with E-state index in [0.29, 0.717) is 25.4 Å². The molecule has 8 heteroatoms. The molecule has 0 saturated carbocycles. The molecule has 1 N–H and O–H groups in total. The Hall–Kier alpha value is -3.42. The highest BCUT2D eigenvalue weighted by molar-refractivity contribution is 5.80. The second-order valence-electron chi connectivity index (χ2n) is 9.27. The van der Waals surface area contributed by atoms with Crippen molar-refractivity contribution in [1.29, 1.82) is 0 Å². The average molecular weight is 462 g/mol. The summed E-state index contributed by atoms with van der Waals surface area (Å²) in [6, 6.07) is 6.10. The molecule has 2 aliphatic heterocycles. The van der Waals surface area contributed by atoms with Crippen LogP contribution in [0.5, 0.6) is 0 Å². The Bertz CT molecular complexity index is 1180. The fraction of sp³-hybridized carbons (Fsp3) is 0.462. The first kappa shape index (κ1) is 22.4. The first-order valence-electron chi connectivity index (χ1n) is 12.2. The molecule has 3 aromatic rings. The Balaban J connectivity index is 1.19. The smallest absolute Gasteiger partial charge is 0.407 e. The highest BCUT2D eigenvalue weighted by Gasteiger charge is 2.23. The van der Waals surface area contributed by atoms with E-state index in [9.17, 15) is 4.79 Å². The first-order valence-corrected chi connectivity index (χ1v) is 12.2. The van der Waals surface area contributed by atoms with Gasteiger partial charge in [0.2, 0.25) is 5.95 Å². The average Bonchev–Trinajstić information content (AvgIpc) is 3.27. The Labute approximate surface area is 199 Å². The van der Waals surface area contributed by atoms with Crippen LogP contribution in [0, 0.1) is 5.92 Å². The van der Waals surface area contributed by atoms with Crippen LogP contribution < -0.4 is 4.90 Å². The van der Waals surface area contributed by atoms with Gasteiger partial charge in [0.1, 0.15) is 5.52 Å². The van der Waals surface area contributed by atoms with Crippen molar-refractivity contribution in [3.63, 3.8) is 0 Å². The summed E-state index contributed by atoms with van der Waals surface area (Å²) in [5.74, 6) is 2.16. The maximum atomic E-state index is 11.1. The molecule has 4 heterocycles. The molecule has 0 spiro atoms. The first-order chi connectivity index (χ1) is 16.6. The lowest BCUT2D eigenvalue weighted by molar-refractivity contribution is 0.150. The molecule has 1 aromatic carbocycles. The van der Waals surface area contributed by atoms with Crippen molar-refractivity contribution in [2.24, 2.45) is 5.92 Å². The molecule has 34 heavy (non-hydrogen) atoms. The Morgan fingerprint density at radius 3 is 2.65 bits per heavy atom. The second kappa shape index (κ2) is 9.83. The zero-order valence-corrected chi connectivity index (χ0v) is 19.6. The van der Waals surface area contributed by atoms with Gasteiger partial charge in [-0.15, -0.1) is 0 Å². The fourth-order valence-corrected chi connectivity index (χ4v) is 4.88. The molecule has 0 aliphatic carbocycles. The summed E-state index contributed by atoms with van der Waals surface area (Å²) in [6.45, 7) is 5.01. The van der Waals surface area contributed by atoms with E-state index in [-0.39, 0.29) is 0 Å². The fourth-order valence-electron chi connectivity index (χ4n) is 4.88. The maximum absolute atomic E-state index is 11.1. The Morgan fingerprint density at radius 1 is 1.18 bits per heavy atom. The molecular formula is C26H31N5O3. The number of fused-ring (bicyclic) bond motifs is 1. The van der Waals surface area contributed by atoms with Crippen LogP contribution >= 0.6 is 0 Å². The zero-order valence-electron chi connectivity index (χ0n) is 19.6. The monoisotopic (exact) mass is 461 g/mol. The number of rotatable bonds is 6. The van der Waals surface area contributed by atoms with Gasteiger partial charge in [-0.25, -0.2) is 19.7 Å². The molecule has 0 radical (unpaired) electrons. The van der Waals surface area contributed by atoms with Crippen LogP contribution in [0.3, 0.4) is 0 Å². The minimum Gasteiger partial charge on any atom is -0.465 e. The van der Waals surface area contributed by atoms with E-state index in [1.807, 2.05) is 30.6 Å². The number of anilines is 1. The van der Waals surface area contributed by atoms with Gasteiger partial charge in [0, 0.05) is 45.0 Å². The highest BCUT2D eigenvalue weighted by atomic mass is 16.4. The van der Waals surface area contributed by atoms with Gasteiger partial charge in [0.15, 0.2) is 11.5 Å². The summed E-state index contributed by atoms with van der Waals surface area (Å²) in [5, 5.41) is 9.14. The molecule has 0 atom stereocenters. The van der Waals surface area contributed by atoms with Gasteiger partial charge in [0.25, 0.3) is 0 Å². The topological polar surface area (TPSA) is 95.6 Å². The maximum Gasteiger partial charge on any atom is 0.407 e. The summed E-state index contributed by atoms with van der Waals surface area (Å²) in [5.41, 5.74) is 5.11. The van der Waals surface area contributed by atoms with Crippen molar-refractivity contribution in [1.82, 2.24) is 19.9 Å². The Morgan fingerprint density at radius 2 is 1.97 bits per heavy atom. The van der Waals surface area contributed by atoms with E-state index >= 15 is 0 Å². The second-order valence-corrected chi connectivity index (χ2v) is 9.27. The van der Waals surface area contributed by atoms with Gasteiger partial charge in [-0.1, -0.05) is 25.5 Å². The minimum atomic E-state index is -0.867. The number of hydrogen-bond donors (Lipinski definition) is 1. The van der Waals surface area contributed by atoms with E-state index in [0.717, 1.165) is 79.3 Å². The van der Waals surface area contributed by atoms with Crippen molar-refractivity contribution in [3.8, 4) is 0 Å². The summed E-state index contributed by atoms with van der Waals surface area (Å²) < 4.78 is 6.13. The number of aromatic nitrogens is 3. The third-order valence-corrected chi connectivity index (χ3v) is 6.87. The van der Waals surface area contributed by atoms with Crippen LogP contribution in [0.25, 0.3) is 16.7 Å². The van der Waals surface area contributed by atoms with Gasteiger partial charge in [-0.3, -0.25) is 0 Å². The quantitative estimate of drug-likeness (QED) is 0.563. The lowest BCUT2D eigenvalue weighted by Crippen LogP contribution is -2.35. The SMILES string of the molecule is CCCc1cnc(N2CCC(Cc3nc4ccc(C5=CCN(C(=O)O)CC5)cc4o3)CC2)nc1. The highest BCUT2D eigenvalue weighted by Crippen LogP contribution is 2.29. The molecule has 0 unspecified atom stereocenters. The van der Waals surface area contributed by atoms with Gasteiger partial charge >= 0.3 is 6.09 Å². The van der Waals surface area contributed by atoms with Crippen LogP contribution in [-0.2, 0) is 12.8 Å². The van der Waals surface area contributed by atoms with Crippen LogP contribution in [0.15, 0.2) is 41.1 Å². The van der Waals surface area contributed by atoms with E-state index in [4.69, 9.17) is 14.5 Å². The predicted molar refractivity (Wildman–Crippen MR) is 131 cm³/mol. The van der Waals surface area contributed by atoms with E-state index in [2.05, 4.69) is 27.9 Å². The number of carbonyl (C=O) groups is 1. The number of amides is 1. The third-order valence-electron chi connectivity index (χ3n) is 6.87. The number of nitrogens with zero attached hydrogens (tertiary/aromatic N) is 5. The van der Waals surface area contributed by atoms with Crippen LogP contribution in [-0.4, -0.2) is 57.2 Å². The van der Waals surface area contributed by atoms with E-state index in [1.165, 1.54) is 10.5 Å². The molecule has 1 fully saturated rings. The van der Waals surface area contributed by atoms with Crippen LogP contribution in [0.1, 0.15) is 49.6 Å². The van der Waals surface area contributed by atoms with Gasteiger partial charge in [-0.2, -0.15) is 0 Å². The van der Waals surface area contributed by atoms with Crippen molar-refractivity contribution >= 4 is 28.7 Å². The molecular weight excluding hydrogens is 430 g/mol. The van der Waals surface area contributed by atoms with Gasteiger partial charge in [0.05, 0.1) is 0 Å². The normalized spacial score (nSPS) is 17.3. The number of hydrogen-bond acceptors (Lipinski definition) is 6. The number of benzene rings is 1. The molecule has 1 saturated heterocycles. The molecule has 178 valence electrons. The van der Waals surface area contributed by atoms with E-state index in [1.54, 1.807) is 0 Å². The molecule has 2 aromatic heterocycles. The number of carboxylic acid groups (broad SMARTS) is 1. The summed E-state index contributed by atoms with van der Waals surface area (Å²) >= 11 is 0. The predicted octanol–water partition coefficient (Wildman–Crippen LogP) is 4.80. The summed E-state index contributed by atoms with van der Waals surface area (Å²) in [6.07, 6.45) is 10.8.